The first kappa shape index (κ1) is 11.2. The summed E-state index contributed by atoms with van der Waals surface area (Å²) in [6, 6.07) is 0. The van der Waals surface area contributed by atoms with Gasteiger partial charge in [-0.15, -0.1) is 0 Å². The molecule has 1 amide bonds. The molecular formula is C9H17NO2. The highest BCUT2D eigenvalue weighted by molar-refractivity contribution is 5.87. The molecule has 2 N–H and O–H groups in total. The number of rotatable bonds is 4. The highest BCUT2D eigenvalue weighted by Crippen LogP contribution is 2.06. The first-order chi connectivity index (χ1) is 5.52. The normalized spacial score (nSPS) is 12.0. The molecule has 0 atom stereocenters. The van der Waals surface area contributed by atoms with Crippen LogP contribution in [-0.2, 0) is 4.79 Å². The first-order valence-corrected chi connectivity index (χ1v) is 4.07. The minimum Gasteiger partial charge on any atom is -0.396 e. The minimum atomic E-state index is -0.328. The number of aliphatic hydroxyl groups excluding tert-OH is 1. The number of carbonyl (C=O) groups excluding carboxylic acids is 1. The van der Waals surface area contributed by atoms with E-state index >= 15 is 0 Å². The van der Waals surface area contributed by atoms with Gasteiger partial charge in [0.2, 0.25) is 5.91 Å². The lowest BCUT2D eigenvalue weighted by Crippen LogP contribution is -2.43. The second-order valence-electron chi connectivity index (χ2n) is 3.35. The molecule has 0 rings (SSSR count). The van der Waals surface area contributed by atoms with Gasteiger partial charge in [-0.05, 0) is 33.3 Å². The van der Waals surface area contributed by atoms with Crippen molar-refractivity contribution >= 4 is 5.91 Å². The van der Waals surface area contributed by atoms with E-state index in [0.29, 0.717) is 6.42 Å². The van der Waals surface area contributed by atoms with Gasteiger partial charge in [-0.3, -0.25) is 4.79 Å². The Balaban J connectivity index is 3.96. The second-order valence-corrected chi connectivity index (χ2v) is 3.35. The van der Waals surface area contributed by atoms with Gasteiger partial charge in [0.1, 0.15) is 0 Å². The van der Waals surface area contributed by atoms with E-state index in [1.54, 1.807) is 13.0 Å². The van der Waals surface area contributed by atoms with Gasteiger partial charge in [-0.25, -0.2) is 0 Å². The summed E-state index contributed by atoms with van der Waals surface area (Å²) in [5.41, 5.74) is -0.328. The molecule has 3 heteroatoms. The molecule has 0 heterocycles. The van der Waals surface area contributed by atoms with E-state index in [0.717, 1.165) is 0 Å². The van der Waals surface area contributed by atoms with Gasteiger partial charge in [0.05, 0.1) is 0 Å². The molecule has 0 aromatic rings. The van der Waals surface area contributed by atoms with Gasteiger partial charge in [0.15, 0.2) is 0 Å². The second kappa shape index (κ2) is 4.93. The van der Waals surface area contributed by atoms with E-state index < -0.39 is 0 Å². The topological polar surface area (TPSA) is 49.3 Å². The van der Waals surface area contributed by atoms with Crippen molar-refractivity contribution in [2.75, 3.05) is 6.61 Å². The van der Waals surface area contributed by atoms with E-state index in [1.165, 1.54) is 6.08 Å². The molecule has 0 fully saturated rings. The highest BCUT2D eigenvalue weighted by atomic mass is 16.3. The quantitative estimate of drug-likeness (QED) is 0.616. The fourth-order valence-corrected chi connectivity index (χ4v) is 0.869. The SMILES string of the molecule is C/C=C/C(=O)NC(C)(C)CCO. The van der Waals surface area contributed by atoms with Crippen LogP contribution in [0.4, 0.5) is 0 Å². The largest absolute Gasteiger partial charge is 0.396 e. The number of amides is 1. The standard InChI is InChI=1S/C9H17NO2/c1-4-5-8(12)10-9(2,3)6-7-11/h4-5,11H,6-7H2,1-3H3,(H,10,12)/b5-4+. The maximum Gasteiger partial charge on any atom is 0.244 e. The van der Waals surface area contributed by atoms with Gasteiger partial charge < -0.3 is 10.4 Å². The molecule has 0 saturated heterocycles. The molecule has 0 saturated carbocycles. The zero-order valence-electron chi connectivity index (χ0n) is 7.92. The number of carbonyl (C=O) groups is 1. The van der Waals surface area contributed by atoms with Crippen molar-refractivity contribution in [2.45, 2.75) is 32.7 Å². The number of aliphatic hydroxyl groups is 1. The Morgan fingerprint density at radius 2 is 2.17 bits per heavy atom. The molecule has 0 bridgehead atoms. The van der Waals surface area contributed by atoms with Crippen LogP contribution in [0.25, 0.3) is 0 Å². The van der Waals surface area contributed by atoms with E-state index in [9.17, 15) is 4.79 Å². The minimum absolute atomic E-state index is 0.0864. The molecule has 0 spiro atoms. The lowest BCUT2D eigenvalue weighted by Gasteiger charge is -2.24. The molecule has 0 unspecified atom stereocenters. The molecule has 0 aromatic heterocycles. The Hall–Kier alpha value is -0.830. The van der Waals surface area contributed by atoms with Crippen molar-refractivity contribution < 1.29 is 9.90 Å². The Morgan fingerprint density at radius 1 is 1.58 bits per heavy atom. The molecule has 70 valence electrons. The number of hydrogen-bond donors (Lipinski definition) is 2. The van der Waals surface area contributed by atoms with E-state index in [1.807, 2.05) is 13.8 Å². The van der Waals surface area contributed by atoms with Gasteiger partial charge >= 0.3 is 0 Å². The monoisotopic (exact) mass is 171 g/mol. The predicted molar refractivity (Wildman–Crippen MR) is 48.7 cm³/mol. The summed E-state index contributed by atoms with van der Waals surface area (Å²) in [5, 5.41) is 11.4. The van der Waals surface area contributed by atoms with Gasteiger partial charge in [-0.1, -0.05) is 6.08 Å². The number of allylic oxidation sites excluding steroid dienone is 1. The lowest BCUT2D eigenvalue weighted by atomic mass is 10.0. The van der Waals surface area contributed by atoms with Crippen LogP contribution in [0, 0.1) is 0 Å². The summed E-state index contributed by atoms with van der Waals surface area (Å²) in [5.74, 6) is -0.115. The maximum absolute atomic E-state index is 11.1. The zero-order valence-corrected chi connectivity index (χ0v) is 7.92. The van der Waals surface area contributed by atoms with E-state index in [-0.39, 0.29) is 18.1 Å². The zero-order chi connectivity index (χ0) is 9.61. The predicted octanol–water partition coefficient (Wildman–Crippen LogP) is 0.840. The highest BCUT2D eigenvalue weighted by Gasteiger charge is 2.17. The van der Waals surface area contributed by atoms with Crippen molar-refractivity contribution in [3.05, 3.63) is 12.2 Å². The van der Waals surface area contributed by atoms with Crippen molar-refractivity contribution in [3.63, 3.8) is 0 Å². The van der Waals surface area contributed by atoms with Crippen LogP contribution in [0.1, 0.15) is 27.2 Å². The van der Waals surface area contributed by atoms with Crippen LogP contribution in [-0.4, -0.2) is 23.2 Å². The molecule has 0 radical (unpaired) electrons. The van der Waals surface area contributed by atoms with Gasteiger partial charge in [0.25, 0.3) is 0 Å². The third kappa shape index (κ3) is 4.91. The van der Waals surface area contributed by atoms with Crippen LogP contribution >= 0.6 is 0 Å². The Kier molecular flexibility index (Phi) is 4.59. The summed E-state index contributed by atoms with van der Waals surface area (Å²) in [6.07, 6.45) is 3.72. The van der Waals surface area contributed by atoms with E-state index in [4.69, 9.17) is 5.11 Å². The van der Waals surface area contributed by atoms with Crippen LogP contribution < -0.4 is 5.32 Å². The molecule has 12 heavy (non-hydrogen) atoms. The third-order valence-electron chi connectivity index (χ3n) is 1.52. The average Bonchev–Trinajstić information content (AvgIpc) is 1.85. The fourth-order valence-electron chi connectivity index (χ4n) is 0.869. The molecule has 3 nitrogen and oxygen atoms in total. The van der Waals surface area contributed by atoms with Crippen molar-refractivity contribution in [1.82, 2.24) is 5.32 Å². The van der Waals surface area contributed by atoms with Crippen molar-refractivity contribution in [3.8, 4) is 0 Å². The lowest BCUT2D eigenvalue weighted by molar-refractivity contribution is -0.118. The molecule has 0 aliphatic carbocycles. The van der Waals surface area contributed by atoms with Gasteiger partial charge in [0, 0.05) is 12.1 Å². The Morgan fingerprint density at radius 3 is 2.58 bits per heavy atom. The first-order valence-electron chi connectivity index (χ1n) is 4.07. The summed E-state index contributed by atoms with van der Waals surface area (Å²) in [6.45, 7) is 5.64. The van der Waals surface area contributed by atoms with Crippen molar-refractivity contribution in [1.29, 1.82) is 0 Å². The molecule has 0 aliphatic rings. The third-order valence-corrected chi connectivity index (χ3v) is 1.52. The molecular weight excluding hydrogens is 154 g/mol. The maximum atomic E-state index is 11.1. The van der Waals surface area contributed by atoms with Crippen LogP contribution in [0.5, 0.6) is 0 Å². The van der Waals surface area contributed by atoms with Crippen LogP contribution in [0.15, 0.2) is 12.2 Å². The Bertz CT molecular complexity index is 173. The summed E-state index contributed by atoms with van der Waals surface area (Å²) in [7, 11) is 0. The smallest absolute Gasteiger partial charge is 0.244 e. The van der Waals surface area contributed by atoms with Crippen LogP contribution in [0.2, 0.25) is 0 Å². The summed E-state index contributed by atoms with van der Waals surface area (Å²) in [4.78, 5) is 11.1. The number of nitrogens with one attached hydrogen (secondary N) is 1. The summed E-state index contributed by atoms with van der Waals surface area (Å²) < 4.78 is 0. The van der Waals surface area contributed by atoms with Crippen LogP contribution in [0.3, 0.4) is 0 Å². The fraction of sp³-hybridized carbons (Fsp3) is 0.667. The van der Waals surface area contributed by atoms with Crippen molar-refractivity contribution in [2.24, 2.45) is 0 Å². The molecule has 0 aromatic carbocycles. The summed E-state index contributed by atoms with van der Waals surface area (Å²) >= 11 is 0. The average molecular weight is 171 g/mol. The van der Waals surface area contributed by atoms with Gasteiger partial charge in [-0.2, -0.15) is 0 Å². The van der Waals surface area contributed by atoms with E-state index in [2.05, 4.69) is 5.32 Å². The number of hydrogen-bond acceptors (Lipinski definition) is 2. The Labute approximate surface area is 73.5 Å². The molecule has 0 aliphatic heterocycles.